The molecule has 1 aliphatic rings. The van der Waals surface area contributed by atoms with Crippen LogP contribution in [0, 0.1) is 11.8 Å². The van der Waals surface area contributed by atoms with Crippen molar-refractivity contribution in [3.05, 3.63) is 0 Å². The highest BCUT2D eigenvalue weighted by atomic mass is 16.2. The predicted molar refractivity (Wildman–Crippen MR) is 72.1 cm³/mol. The minimum absolute atomic E-state index is 0.0383. The number of rotatable bonds is 5. The Hall–Kier alpha value is -1.06. The van der Waals surface area contributed by atoms with Crippen molar-refractivity contribution in [3.8, 4) is 0 Å². The number of nitrogens with zero attached hydrogens (tertiary/aromatic N) is 1. The van der Waals surface area contributed by atoms with Crippen LogP contribution < -0.4 is 5.32 Å². The Morgan fingerprint density at radius 1 is 1.11 bits per heavy atom. The number of hydrogen-bond donors (Lipinski definition) is 1. The molecular formula is C14H26N2O2. The Bertz CT molecular complexity index is 280. The fourth-order valence-electron chi connectivity index (χ4n) is 2.70. The van der Waals surface area contributed by atoms with E-state index in [2.05, 4.69) is 5.32 Å². The monoisotopic (exact) mass is 254 g/mol. The molecule has 0 aromatic heterocycles. The van der Waals surface area contributed by atoms with Gasteiger partial charge in [-0.1, -0.05) is 0 Å². The van der Waals surface area contributed by atoms with Gasteiger partial charge in [-0.25, -0.2) is 0 Å². The molecule has 1 rings (SSSR count). The molecule has 1 aliphatic carbocycles. The van der Waals surface area contributed by atoms with Crippen LogP contribution >= 0.6 is 0 Å². The fraction of sp³-hybridized carbons (Fsp3) is 0.857. The van der Waals surface area contributed by atoms with Crippen molar-refractivity contribution in [2.24, 2.45) is 11.8 Å². The summed E-state index contributed by atoms with van der Waals surface area (Å²) in [6.07, 6.45) is 4.05. The minimum atomic E-state index is 0.0383. The molecule has 2 amide bonds. The number of nitrogens with one attached hydrogen (secondary N) is 1. The van der Waals surface area contributed by atoms with Gasteiger partial charge in [-0.3, -0.25) is 9.59 Å². The van der Waals surface area contributed by atoms with Gasteiger partial charge in [0.1, 0.15) is 0 Å². The molecule has 1 N–H and O–H groups in total. The van der Waals surface area contributed by atoms with Crippen LogP contribution in [0.3, 0.4) is 0 Å². The van der Waals surface area contributed by atoms with E-state index in [4.69, 9.17) is 0 Å². The lowest BCUT2D eigenvalue weighted by molar-refractivity contribution is -0.136. The number of carbonyl (C=O) groups excluding carboxylic acids is 2. The maximum absolute atomic E-state index is 12.2. The summed E-state index contributed by atoms with van der Waals surface area (Å²) >= 11 is 0. The van der Waals surface area contributed by atoms with Gasteiger partial charge in [0, 0.05) is 32.5 Å². The molecule has 0 radical (unpaired) electrons. The summed E-state index contributed by atoms with van der Waals surface area (Å²) in [5.41, 5.74) is 0. The smallest absolute Gasteiger partial charge is 0.225 e. The van der Waals surface area contributed by atoms with Crippen LogP contribution in [0.15, 0.2) is 0 Å². The fourth-order valence-corrected chi connectivity index (χ4v) is 2.70. The van der Waals surface area contributed by atoms with Gasteiger partial charge in [0.25, 0.3) is 0 Å². The Labute approximate surface area is 110 Å². The molecule has 1 saturated carbocycles. The molecule has 0 aliphatic heterocycles. The molecule has 104 valence electrons. The predicted octanol–water partition coefficient (Wildman–Crippen LogP) is 1.80. The van der Waals surface area contributed by atoms with Crippen LogP contribution in [-0.2, 0) is 9.59 Å². The van der Waals surface area contributed by atoms with E-state index in [1.165, 1.54) is 0 Å². The average Bonchev–Trinajstić information content (AvgIpc) is 2.38. The third kappa shape index (κ3) is 4.31. The van der Waals surface area contributed by atoms with Gasteiger partial charge >= 0.3 is 0 Å². The number of hydrogen-bond acceptors (Lipinski definition) is 2. The van der Waals surface area contributed by atoms with Crippen LogP contribution in [0.25, 0.3) is 0 Å². The molecule has 0 spiro atoms. The van der Waals surface area contributed by atoms with E-state index >= 15 is 0 Å². The Kier molecular flexibility index (Phi) is 6.16. The molecule has 0 aromatic rings. The van der Waals surface area contributed by atoms with Crippen molar-refractivity contribution < 1.29 is 9.59 Å². The summed E-state index contributed by atoms with van der Waals surface area (Å²) in [6, 6.07) is 0. The highest BCUT2D eigenvalue weighted by Gasteiger charge is 2.28. The van der Waals surface area contributed by atoms with Crippen molar-refractivity contribution in [2.45, 2.75) is 46.5 Å². The van der Waals surface area contributed by atoms with Crippen LogP contribution in [0.4, 0.5) is 0 Å². The minimum Gasteiger partial charge on any atom is -0.356 e. The molecule has 4 heteroatoms. The van der Waals surface area contributed by atoms with Crippen LogP contribution in [0.5, 0.6) is 0 Å². The second-order valence-electron chi connectivity index (χ2n) is 5.17. The normalized spacial score (nSPS) is 23.5. The van der Waals surface area contributed by atoms with E-state index in [1.54, 1.807) is 6.92 Å². The second-order valence-corrected chi connectivity index (χ2v) is 5.17. The van der Waals surface area contributed by atoms with Gasteiger partial charge in [0.15, 0.2) is 0 Å². The summed E-state index contributed by atoms with van der Waals surface area (Å²) in [7, 11) is 0. The molecule has 0 unspecified atom stereocenters. The number of carbonyl (C=O) groups is 2. The third-order valence-corrected chi connectivity index (χ3v) is 3.91. The third-order valence-electron chi connectivity index (χ3n) is 3.91. The van der Waals surface area contributed by atoms with Gasteiger partial charge in [0.05, 0.1) is 0 Å². The zero-order chi connectivity index (χ0) is 13.5. The van der Waals surface area contributed by atoms with Gasteiger partial charge < -0.3 is 10.2 Å². The zero-order valence-electron chi connectivity index (χ0n) is 11.9. The zero-order valence-corrected chi connectivity index (χ0v) is 11.9. The van der Waals surface area contributed by atoms with Gasteiger partial charge in [-0.05, 0) is 45.4 Å². The largest absolute Gasteiger partial charge is 0.356 e. The van der Waals surface area contributed by atoms with E-state index in [1.807, 2.05) is 18.7 Å². The maximum Gasteiger partial charge on any atom is 0.225 e. The SMILES string of the molecule is CCN(CC)C(=O)C1CCC(CNC(C)=O)CC1. The van der Waals surface area contributed by atoms with Crippen molar-refractivity contribution in [3.63, 3.8) is 0 Å². The first-order chi connectivity index (χ1) is 8.58. The first-order valence-electron chi connectivity index (χ1n) is 7.11. The van der Waals surface area contributed by atoms with Gasteiger partial charge in [0.2, 0.25) is 11.8 Å². The maximum atomic E-state index is 12.2. The van der Waals surface area contributed by atoms with E-state index in [0.29, 0.717) is 11.8 Å². The molecular weight excluding hydrogens is 228 g/mol. The Balaban J connectivity index is 2.34. The molecule has 0 atom stereocenters. The number of amides is 2. The van der Waals surface area contributed by atoms with Crippen molar-refractivity contribution in [1.29, 1.82) is 0 Å². The summed E-state index contributed by atoms with van der Waals surface area (Å²) < 4.78 is 0. The summed E-state index contributed by atoms with van der Waals surface area (Å²) in [5.74, 6) is 1.11. The molecule has 0 bridgehead atoms. The van der Waals surface area contributed by atoms with Crippen LogP contribution in [-0.4, -0.2) is 36.3 Å². The van der Waals surface area contributed by atoms with Crippen molar-refractivity contribution in [2.75, 3.05) is 19.6 Å². The Morgan fingerprint density at radius 2 is 1.67 bits per heavy atom. The summed E-state index contributed by atoms with van der Waals surface area (Å²) in [5, 5.41) is 2.87. The topological polar surface area (TPSA) is 49.4 Å². The first-order valence-corrected chi connectivity index (χ1v) is 7.11. The van der Waals surface area contributed by atoms with E-state index in [0.717, 1.165) is 45.3 Å². The molecule has 18 heavy (non-hydrogen) atoms. The van der Waals surface area contributed by atoms with Crippen molar-refractivity contribution >= 4 is 11.8 Å². The van der Waals surface area contributed by atoms with Crippen LogP contribution in [0.1, 0.15) is 46.5 Å². The summed E-state index contributed by atoms with van der Waals surface area (Å²) in [6.45, 7) is 7.99. The molecule has 0 aromatic carbocycles. The standard InChI is InChI=1S/C14H26N2O2/c1-4-16(5-2)14(18)13-8-6-12(7-9-13)10-15-11(3)17/h12-13H,4-10H2,1-3H3,(H,15,17). The molecule has 0 heterocycles. The summed E-state index contributed by atoms with van der Waals surface area (Å²) in [4.78, 5) is 25.0. The average molecular weight is 254 g/mol. The quantitative estimate of drug-likeness (QED) is 0.813. The lowest BCUT2D eigenvalue weighted by Gasteiger charge is -2.31. The van der Waals surface area contributed by atoms with Crippen LogP contribution in [0.2, 0.25) is 0 Å². The first kappa shape index (κ1) is 15.0. The van der Waals surface area contributed by atoms with E-state index in [-0.39, 0.29) is 11.8 Å². The van der Waals surface area contributed by atoms with E-state index in [9.17, 15) is 9.59 Å². The molecule has 0 saturated heterocycles. The van der Waals surface area contributed by atoms with Crippen molar-refractivity contribution in [1.82, 2.24) is 10.2 Å². The highest BCUT2D eigenvalue weighted by Crippen LogP contribution is 2.29. The lowest BCUT2D eigenvalue weighted by Crippen LogP contribution is -2.38. The lowest BCUT2D eigenvalue weighted by atomic mass is 9.81. The molecule has 4 nitrogen and oxygen atoms in total. The van der Waals surface area contributed by atoms with Gasteiger partial charge in [-0.15, -0.1) is 0 Å². The van der Waals surface area contributed by atoms with E-state index < -0.39 is 0 Å². The second kappa shape index (κ2) is 7.39. The molecule has 1 fully saturated rings. The van der Waals surface area contributed by atoms with Gasteiger partial charge in [-0.2, -0.15) is 0 Å². The highest BCUT2D eigenvalue weighted by molar-refractivity contribution is 5.78. The Morgan fingerprint density at radius 3 is 2.11 bits per heavy atom.